The second-order valence-electron chi connectivity index (χ2n) is 6.49. The van der Waals surface area contributed by atoms with Crippen molar-refractivity contribution in [3.05, 3.63) is 65.5 Å². The van der Waals surface area contributed by atoms with Gasteiger partial charge in [0.25, 0.3) is 0 Å². The highest BCUT2D eigenvalue weighted by molar-refractivity contribution is 5.81. The molecule has 3 atom stereocenters. The van der Waals surface area contributed by atoms with E-state index in [0.29, 0.717) is 18.7 Å². The third-order valence-electron chi connectivity index (χ3n) is 4.71. The van der Waals surface area contributed by atoms with Gasteiger partial charge in [-0.2, -0.15) is 13.2 Å². The average molecular weight is 363 g/mol. The van der Waals surface area contributed by atoms with Crippen molar-refractivity contribution in [1.82, 2.24) is 15.6 Å². The minimum atomic E-state index is -4.46. The zero-order valence-corrected chi connectivity index (χ0v) is 14.3. The van der Waals surface area contributed by atoms with Crippen LogP contribution in [0.2, 0.25) is 0 Å². The molecule has 0 bridgehead atoms. The number of carbonyl (C=O) groups excluding carboxylic acids is 1. The van der Waals surface area contributed by atoms with Crippen molar-refractivity contribution in [1.29, 1.82) is 0 Å². The number of halogens is 3. The van der Waals surface area contributed by atoms with Gasteiger partial charge in [0.2, 0.25) is 5.91 Å². The van der Waals surface area contributed by atoms with Gasteiger partial charge in [0, 0.05) is 25.2 Å². The van der Waals surface area contributed by atoms with Crippen molar-refractivity contribution in [3.63, 3.8) is 0 Å². The normalized spacial score (nSPS) is 21.4. The molecule has 2 heterocycles. The first-order valence-electron chi connectivity index (χ1n) is 8.45. The number of pyridine rings is 1. The van der Waals surface area contributed by atoms with Gasteiger partial charge >= 0.3 is 6.18 Å². The van der Waals surface area contributed by atoms with E-state index in [9.17, 15) is 18.0 Å². The molecule has 0 radical (unpaired) electrons. The fraction of sp³-hybridized carbons (Fsp3) is 0.368. The smallest absolute Gasteiger partial charge is 0.349 e. The molecule has 7 heteroatoms. The van der Waals surface area contributed by atoms with Crippen LogP contribution in [0, 0.1) is 5.92 Å². The number of nitrogens with zero attached hydrogens (tertiary/aromatic N) is 1. The molecule has 1 aromatic carbocycles. The van der Waals surface area contributed by atoms with Crippen molar-refractivity contribution < 1.29 is 18.0 Å². The predicted octanol–water partition coefficient (Wildman–Crippen LogP) is 3.28. The minimum Gasteiger partial charge on any atom is -0.349 e. The number of hydrogen-bond acceptors (Lipinski definition) is 3. The summed E-state index contributed by atoms with van der Waals surface area (Å²) in [5.74, 6) is -0.663. The largest absolute Gasteiger partial charge is 0.433 e. The zero-order valence-electron chi connectivity index (χ0n) is 14.3. The number of hydrogen-bond donors (Lipinski definition) is 2. The van der Waals surface area contributed by atoms with Gasteiger partial charge in [0.15, 0.2) is 0 Å². The molecule has 2 aromatic rings. The van der Waals surface area contributed by atoms with E-state index >= 15 is 0 Å². The summed E-state index contributed by atoms with van der Waals surface area (Å²) >= 11 is 0. The summed E-state index contributed by atoms with van der Waals surface area (Å²) in [5, 5.41) is 6.14. The van der Waals surface area contributed by atoms with Crippen molar-refractivity contribution in [2.75, 3.05) is 13.1 Å². The van der Waals surface area contributed by atoms with Crippen LogP contribution in [0.1, 0.15) is 35.7 Å². The molecule has 0 spiro atoms. The van der Waals surface area contributed by atoms with Gasteiger partial charge in [-0.25, -0.2) is 0 Å². The number of rotatable bonds is 4. The molecule has 138 valence electrons. The Kier molecular flexibility index (Phi) is 5.27. The van der Waals surface area contributed by atoms with Crippen LogP contribution < -0.4 is 10.6 Å². The quantitative estimate of drug-likeness (QED) is 0.877. The standard InChI is InChI=1S/C19H20F3N3O/c1-12(13-5-3-2-4-6-13)25-18(26)16-11-23-10-15(16)14-7-8-17(24-9-14)19(20,21)22/h2-9,12,15-16,23H,10-11H2,1H3,(H,25,26)/t12-,15-,16+/m0/s1. The maximum atomic E-state index is 12.7. The van der Waals surface area contributed by atoms with Gasteiger partial charge in [0.1, 0.15) is 5.69 Å². The van der Waals surface area contributed by atoms with Crippen molar-refractivity contribution >= 4 is 5.91 Å². The van der Waals surface area contributed by atoms with Gasteiger partial charge in [-0.3, -0.25) is 9.78 Å². The Hall–Kier alpha value is -2.41. The Morgan fingerprint density at radius 3 is 2.54 bits per heavy atom. The Morgan fingerprint density at radius 1 is 1.19 bits per heavy atom. The molecular weight excluding hydrogens is 343 g/mol. The molecule has 1 amide bonds. The Labute approximate surface area is 149 Å². The van der Waals surface area contributed by atoms with Crippen molar-refractivity contribution in [3.8, 4) is 0 Å². The molecule has 1 aromatic heterocycles. The van der Waals surface area contributed by atoms with Crippen LogP contribution in [0.4, 0.5) is 13.2 Å². The van der Waals surface area contributed by atoms with E-state index in [1.54, 1.807) is 0 Å². The number of nitrogens with one attached hydrogen (secondary N) is 2. The first-order valence-corrected chi connectivity index (χ1v) is 8.45. The number of carbonyl (C=O) groups is 1. The molecule has 3 rings (SSSR count). The first kappa shape index (κ1) is 18.4. The Bertz CT molecular complexity index is 747. The molecule has 4 nitrogen and oxygen atoms in total. The number of benzene rings is 1. The van der Waals surface area contributed by atoms with Crippen molar-refractivity contribution in [2.24, 2.45) is 5.92 Å². The molecule has 1 saturated heterocycles. The van der Waals surface area contributed by atoms with Crippen molar-refractivity contribution in [2.45, 2.75) is 25.1 Å². The van der Waals surface area contributed by atoms with Gasteiger partial charge in [0.05, 0.1) is 12.0 Å². The van der Waals surface area contributed by atoms with E-state index in [-0.39, 0.29) is 23.8 Å². The van der Waals surface area contributed by atoms with E-state index in [2.05, 4.69) is 15.6 Å². The first-order chi connectivity index (χ1) is 12.4. The maximum Gasteiger partial charge on any atom is 0.433 e. The van der Waals surface area contributed by atoms with E-state index < -0.39 is 11.9 Å². The summed E-state index contributed by atoms with van der Waals surface area (Å²) in [6.07, 6.45) is -3.24. The third kappa shape index (κ3) is 4.04. The van der Waals surface area contributed by atoms with Gasteiger partial charge in [-0.1, -0.05) is 36.4 Å². The SMILES string of the molecule is C[C@H](NC(=O)[C@@H]1CNC[C@H]1c1ccc(C(F)(F)F)nc1)c1ccccc1. The van der Waals surface area contributed by atoms with Gasteiger partial charge < -0.3 is 10.6 Å². The van der Waals surface area contributed by atoms with Crippen LogP contribution in [0.25, 0.3) is 0 Å². The van der Waals surface area contributed by atoms with E-state index in [0.717, 1.165) is 11.6 Å². The molecule has 0 aliphatic carbocycles. The molecule has 26 heavy (non-hydrogen) atoms. The molecule has 1 aliphatic rings. The highest BCUT2D eigenvalue weighted by Crippen LogP contribution is 2.32. The van der Waals surface area contributed by atoms with Crippen LogP contribution in [-0.4, -0.2) is 24.0 Å². The highest BCUT2D eigenvalue weighted by atomic mass is 19.4. The third-order valence-corrected chi connectivity index (χ3v) is 4.71. The summed E-state index contributed by atoms with van der Waals surface area (Å²) in [4.78, 5) is 16.2. The molecule has 2 N–H and O–H groups in total. The lowest BCUT2D eigenvalue weighted by atomic mass is 9.89. The second-order valence-corrected chi connectivity index (χ2v) is 6.49. The molecule has 1 fully saturated rings. The summed E-state index contributed by atoms with van der Waals surface area (Å²) in [5.41, 5.74) is 0.709. The van der Waals surface area contributed by atoms with Crippen LogP contribution in [0.3, 0.4) is 0 Å². The lowest BCUT2D eigenvalue weighted by Gasteiger charge is -2.22. The Balaban J connectivity index is 1.70. The summed E-state index contributed by atoms with van der Waals surface area (Å²) in [7, 11) is 0. The maximum absolute atomic E-state index is 12.7. The second kappa shape index (κ2) is 7.45. The van der Waals surface area contributed by atoms with Crippen LogP contribution >= 0.6 is 0 Å². The predicted molar refractivity (Wildman–Crippen MR) is 91.3 cm³/mol. The summed E-state index contributed by atoms with van der Waals surface area (Å²) in [6, 6.07) is 11.8. The summed E-state index contributed by atoms with van der Waals surface area (Å²) in [6.45, 7) is 2.92. The zero-order chi connectivity index (χ0) is 18.7. The summed E-state index contributed by atoms with van der Waals surface area (Å²) < 4.78 is 38.0. The number of amides is 1. The van der Waals surface area contributed by atoms with E-state index in [4.69, 9.17) is 0 Å². The Morgan fingerprint density at radius 2 is 1.92 bits per heavy atom. The topological polar surface area (TPSA) is 54.0 Å². The lowest BCUT2D eigenvalue weighted by Crippen LogP contribution is -2.36. The van der Waals surface area contributed by atoms with Crippen LogP contribution in [0.15, 0.2) is 48.7 Å². The number of aromatic nitrogens is 1. The molecule has 0 unspecified atom stereocenters. The van der Waals surface area contributed by atoms with E-state index in [1.807, 2.05) is 37.3 Å². The van der Waals surface area contributed by atoms with Crippen LogP contribution in [-0.2, 0) is 11.0 Å². The lowest BCUT2D eigenvalue weighted by molar-refractivity contribution is -0.141. The fourth-order valence-electron chi connectivity index (χ4n) is 3.24. The highest BCUT2D eigenvalue weighted by Gasteiger charge is 2.36. The van der Waals surface area contributed by atoms with Gasteiger partial charge in [-0.05, 0) is 24.1 Å². The monoisotopic (exact) mass is 363 g/mol. The number of alkyl halides is 3. The average Bonchev–Trinajstić information content (AvgIpc) is 3.11. The fourth-order valence-corrected chi connectivity index (χ4v) is 3.24. The molecule has 0 saturated carbocycles. The van der Waals surface area contributed by atoms with Gasteiger partial charge in [-0.15, -0.1) is 0 Å². The minimum absolute atomic E-state index is 0.115. The molecular formula is C19H20F3N3O. The van der Waals surface area contributed by atoms with Crippen LogP contribution in [0.5, 0.6) is 0 Å². The van der Waals surface area contributed by atoms with E-state index in [1.165, 1.54) is 12.3 Å². The molecule has 1 aliphatic heterocycles.